The molecule has 1 unspecified atom stereocenters. The minimum absolute atomic E-state index is 0.0668. The molecule has 0 bridgehead atoms. The van der Waals surface area contributed by atoms with Crippen LogP contribution in [0.3, 0.4) is 0 Å². The number of amides is 1. The average Bonchev–Trinajstić information content (AvgIpc) is 2.24. The Morgan fingerprint density at radius 1 is 1.67 bits per heavy atom. The number of nitrogens with zero attached hydrogens (tertiary/aromatic N) is 1. The van der Waals surface area contributed by atoms with Crippen molar-refractivity contribution in [3.63, 3.8) is 0 Å². The molecule has 86 valence electrons. The van der Waals surface area contributed by atoms with Crippen molar-refractivity contribution in [2.24, 2.45) is 5.73 Å². The summed E-state index contributed by atoms with van der Waals surface area (Å²) in [7, 11) is 0. The molecule has 3 N–H and O–H groups in total. The average molecular weight is 229 g/mol. The van der Waals surface area contributed by atoms with Gasteiger partial charge < -0.3 is 11.1 Å². The lowest BCUT2D eigenvalue weighted by Crippen LogP contribution is -2.45. The zero-order valence-electron chi connectivity index (χ0n) is 9.32. The molecule has 0 heterocycles. The molecule has 1 amide bonds. The molecule has 0 radical (unpaired) electrons. The van der Waals surface area contributed by atoms with Gasteiger partial charge in [0.1, 0.15) is 0 Å². The van der Waals surface area contributed by atoms with Crippen molar-refractivity contribution >= 4 is 17.7 Å². The maximum Gasteiger partial charge on any atom is 0.237 e. The third-order valence-corrected chi connectivity index (χ3v) is 2.79. The van der Waals surface area contributed by atoms with Gasteiger partial charge >= 0.3 is 0 Å². The Morgan fingerprint density at radius 3 is 2.80 bits per heavy atom. The van der Waals surface area contributed by atoms with Crippen LogP contribution in [0.5, 0.6) is 0 Å². The number of thioether (sulfide) groups is 1. The standard InChI is InChI=1S/C10H19N3OS/c1-3-8(4-6-11)13-10(14)9(12)5-7-15-2/h8-9H,3-5,7,12H2,1-2H3,(H,13,14)/t8?,9-/m0/s1. The van der Waals surface area contributed by atoms with E-state index in [1.54, 1.807) is 11.8 Å². The predicted molar refractivity (Wildman–Crippen MR) is 63.4 cm³/mol. The van der Waals surface area contributed by atoms with Crippen LogP contribution in [-0.2, 0) is 4.79 Å². The topological polar surface area (TPSA) is 78.9 Å². The van der Waals surface area contributed by atoms with Gasteiger partial charge in [-0.3, -0.25) is 4.79 Å². The first-order chi connectivity index (χ1) is 7.15. The molecule has 0 aliphatic carbocycles. The fraction of sp³-hybridized carbons (Fsp3) is 0.800. The van der Waals surface area contributed by atoms with Crippen molar-refractivity contribution in [3.05, 3.63) is 0 Å². The van der Waals surface area contributed by atoms with Gasteiger partial charge in [0.25, 0.3) is 0 Å². The van der Waals surface area contributed by atoms with E-state index in [0.29, 0.717) is 12.8 Å². The molecule has 15 heavy (non-hydrogen) atoms. The van der Waals surface area contributed by atoms with Crippen molar-refractivity contribution in [2.45, 2.75) is 38.3 Å². The number of hydrogen-bond acceptors (Lipinski definition) is 4. The summed E-state index contributed by atoms with van der Waals surface area (Å²) >= 11 is 1.67. The Morgan fingerprint density at radius 2 is 2.33 bits per heavy atom. The third-order valence-electron chi connectivity index (χ3n) is 2.15. The maximum atomic E-state index is 11.5. The summed E-state index contributed by atoms with van der Waals surface area (Å²) in [5, 5.41) is 11.3. The summed E-state index contributed by atoms with van der Waals surface area (Å²) in [5.74, 6) is 0.732. The number of nitrogens with one attached hydrogen (secondary N) is 1. The fourth-order valence-corrected chi connectivity index (χ4v) is 1.58. The van der Waals surface area contributed by atoms with Gasteiger partial charge in [0.2, 0.25) is 5.91 Å². The van der Waals surface area contributed by atoms with Crippen molar-refractivity contribution in [3.8, 4) is 6.07 Å². The molecule has 0 aromatic carbocycles. The van der Waals surface area contributed by atoms with Crippen molar-refractivity contribution in [1.82, 2.24) is 5.32 Å². The van der Waals surface area contributed by atoms with Crippen LogP contribution in [0.1, 0.15) is 26.2 Å². The minimum Gasteiger partial charge on any atom is -0.351 e. The Hall–Kier alpha value is -0.730. The van der Waals surface area contributed by atoms with Crippen LogP contribution in [0.15, 0.2) is 0 Å². The highest BCUT2D eigenvalue weighted by Gasteiger charge is 2.16. The van der Waals surface area contributed by atoms with Gasteiger partial charge in [0.05, 0.1) is 18.5 Å². The Balaban J connectivity index is 3.93. The number of carbonyl (C=O) groups is 1. The molecule has 0 rings (SSSR count). The first-order valence-corrected chi connectivity index (χ1v) is 6.46. The van der Waals surface area contributed by atoms with Gasteiger partial charge in [-0.1, -0.05) is 6.92 Å². The summed E-state index contributed by atoms with van der Waals surface area (Å²) in [5.41, 5.74) is 5.69. The first-order valence-electron chi connectivity index (χ1n) is 5.07. The summed E-state index contributed by atoms with van der Waals surface area (Å²) < 4.78 is 0. The van der Waals surface area contributed by atoms with E-state index in [4.69, 9.17) is 11.0 Å². The highest BCUT2D eigenvalue weighted by molar-refractivity contribution is 7.98. The molecular weight excluding hydrogens is 210 g/mol. The Labute approximate surface area is 95.6 Å². The highest BCUT2D eigenvalue weighted by atomic mass is 32.2. The van der Waals surface area contributed by atoms with Crippen molar-refractivity contribution < 1.29 is 4.79 Å². The van der Waals surface area contributed by atoms with Gasteiger partial charge in [0, 0.05) is 6.04 Å². The van der Waals surface area contributed by atoms with E-state index >= 15 is 0 Å². The van der Waals surface area contributed by atoms with Crippen LogP contribution in [0.2, 0.25) is 0 Å². The lowest BCUT2D eigenvalue weighted by Gasteiger charge is -2.17. The largest absolute Gasteiger partial charge is 0.351 e. The number of nitriles is 1. The second-order valence-corrected chi connectivity index (χ2v) is 4.35. The minimum atomic E-state index is -0.454. The van der Waals surface area contributed by atoms with Crippen LogP contribution < -0.4 is 11.1 Å². The molecular formula is C10H19N3OS. The molecule has 0 aliphatic rings. The van der Waals surface area contributed by atoms with Gasteiger partial charge in [-0.25, -0.2) is 0 Å². The van der Waals surface area contributed by atoms with Crippen LogP contribution in [0.4, 0.5) is 0 Å². The summed E-state index contributed by atoms with van der Waals surface area (Å²) in [4.78, 5) is 11.5. The van der Waals surface area contributed by atoms with Gasteiger partial charge in [-0.05, 0) is 24.9 Å². The quantitative estimate of drug-likeness (QED) is 0.679. The van der Waals surface area contributed by atoms with E-state index < -0.39 is 6.04 Å². The maximum absolute atomic E-state index is 11.5. The molecule has 0 aromatic heterocycles. The van der Waals surface area contributed by atoms with E-state index in [1.807, 2.05) is 19.2 Å². The number of rotatable bonds is 7. The number of hydrogen-bond donors (Lipinski definition) is 2. The van der Waals surface area contributed by atoms with Gasteiger partial charge in [-0.2, -0.15) is 17.0 Å². The summed E-state index contributed by atoms with van der Waals surface area (Å²) in [6.45, 7) is 1.94. The molecule has 0 spiro atoms. The Bertz CT molecular complexity index is 227. The fourth-order valence-electron chi connectivity index (χ4n) is 1.09. The molecule has 0 aliphatic heterocycles. The first kappa shape index (κ1) is 14.3. The number of carbonyl (C=O) groups excluding carboxylic acids is 1. The third kappa shape index (κ3) is 6.37. The highest BCUT2D eigenvalue weighted by Crippen LogP contribution is 2.01. The molecule has 0 fully saturated rings. The second-order valence-electron chi connectivity index (χ2n) is 3.36. The van der Waals surface area contributed by atoms with E-state index in [-0.39, 0.29) is 11.9 Å². The van der Waals surface area contributed by atoms with Crippen LogP contribution in [0.25, 0.3) is 0 Å². The van der Waals surface area contributed by atoms with Gasteiger partial charge in [-0.15, -0.1) is 0 Å². The van der Waals surface area contributed by atoms with E-state index in [0.717, 1.165) is 12.2 Å². The number of nitrogens with two attached hydrogens (primary N) is 1. The van der Waals surface area contributed by atoms with E-state index in [2.05, 4.69) is 5.32 Å². The zero-order chi connectivity index (χ0) is 11.7. The molecule has 0 aromatic rings. The van der Waals surface area contributed by atoms with Crippen LogP contribution in [0, 0.1) is 11.3 Å². The van der Waals surface area contributed by atoms with E-state index in [9.17, 15) is 4.79 Å². The van der Waals surface area contributed by atoms with Gasteiger partial charge in [0.15, 0.2) is 0 Å². The normalized spacial score (nSPS) is 14.0. The zero-order valence-corrected chi connectivity index (χ0v) is 10.1. The summed E-state index contributed by atoms with van der Waals surface area (Å²) in [6, 6.07) is 1.53. The van der Waals surface area contributed by atoms with Crippen LogP contribution >= 0.6 is 11.8 Å². The van der Waals surface area contributed by atoms with Crippen LogP contribution in [-0.4, -0.2) is 30.0 Å². The Kier molecular flexibility index (Phi) is 8.15. The molecule has 0 saturated heterocycles. The second kappa shape index (κ2) is 8.57. The van der Waals surface area contributed by atoms with Crippen molar-refractivity contribution in [1.29, 1.82) is 5.26 Å². The smallest absolute Gasteiger partial charge is 0.237 e. The SMILES string of the molecule is CCC(CC#N)NC(=O)[C@@H](N)CCSC. The molecule has 2 atom stereocenters. The summed E-state index contributed by atoms with van der Waals surface area (Å²) in [6.07, 6.45) is 3.76. The lowest BCUT2D eigenvalue weighted by atomic mass is 10.1. The molecule has 5 heteroatoms. The van der Waals surface area contributed by atoms with E-state index in [1.165, 1.54) is 0 Å². The predicted octanol–water partition coefficient (Wildman–Crippen LogP) is 0.875. The van der Waals surface area contributed by atoms with Crippen molar-refractivity contribution in [2.75, 3.05) is 12.0 Å². The molecule has 4 nitrogen and oxygen atoms in total. The monoisotopic (exact) mass is 229 g/mol. The lowest BCUT2D eigenvalue weighted by molar-refractivity contribution is -0.123. The molecule has 0 saturated carbocycles.